The molecule has 4 rings (SSSR count). The quantitative estimate of drug-likeness (QED) is 0.619. The Labute approximate surface area is 185 Å². The number of aromatic nitrogens is 2. The van der Waals surface area contributed by atoms with E-state index in [1.54, 1.807) is 0 Å². The molecule has 1 aliphatic rings. The van der Waals surface area contributed by atoms with Crippen molar-refractivity contribution < 1.29 is 4.79 Å². The Bertz CT molecular complexity index is 1050. The van der Waals surface area contributed by atoms with Gasteiger partial charge in [-0.1, -0.05) is 51.1 Å². The fourth-order valence-electron chi connectivity index (χ4n) is 4.34. The number of carbonyl (C=O) groups excluding carboxylic acids is 1. The number of nitrogens with zero attached hydrogens (tertiary/aromatic N) is 4. The fourth-order valence-corrected chi connectivity index (χ4v) is 4.34. The number of carbonyl (C=O) groups is 1. The van der Waals surface area contributed by atoms with Crippen molar-refractivity contribution in [2.45, 2.75) is 40.0 Å². The predicted octanol–water partition coefficient (Wildman–Crippen LogP) is 4.75. The maximum absolute atomic E-state index is 13.0. The fraction of sp³-hybridized carbons (Fsp3) is 0.385. The van der Waals surface area contributed by atoms with E-state index in [0.29, 0.717) is 0 Å². The normalized spacial score (nSPS) is 14.7. The van der Waals surface area contributed by atoms with Crippen LogP contribution in [0.25, 0.3) is 5.69 Å². The zero-order valence-corrected chi connectivity index (χ0v) is 19.2. The van der Waals surface area contributed by atoms with Crippen LogP contribution in [-0.2, 0) is 5.41 Å². The summed E-state index contributed by atoms with van der Waals surface area (Å²) in [6.45, 7) is 13.8. The van der Waals surface area contributed by atoms with Gasteiger partial charge in [-0.25, -0.2) is 4.68 Å². The van der Waals surface area contributed by atoms with Crippen molar-refractivity contribution in [3.8, 4) is 5.69 Å². The van der Waals surface area contributed by atoms with Crippen LogP contribution in [0.1, 0.15) is 48.1 Å². The molecular weight excluding hydrogens is 384 g/mol. The third-order valence-electron chi connectivity index (χ3n) is 6.13. The number of anilines is 1. The molecule has 1 aliphatic heterocycles. The molecule has 0 N–H and O–H groups in total. The first kappa shape index (κ1) is 21.2. The Balaban J connectivity index is 1.46. The van der Waals surface area contributed by atoms with Crippen molar-refractivity contribution in [3.05, 3.63) is 77.1 Å². The van der Waals surface area contributed by atoms with E-state index in [1.165, 1.54) is 11.3 Å². The van der Waals surface area contributed by atoms with Crippen molar-refractivity contribution in [2.24, 2.45) is 0 Å². The predicted molar refractivity (Wildman–Crippen MR) is 126 cm³/mol. The van der Waals surface area contributed by atoms with Gasteiger partial charge in [0.1, 0.15) is 0 Å². The second kappa shape index (κ2) is 8.22. The summed E-state index contributed by atoms with van der Waals surface area (Å²) in [5.74, 6) is 0.119. The van der Waals surface area contributed by atoms with E-state index >= 15 is 0 Å². The molecule has 1 saturated heterocycles. The standard InChI is InChI=1S/C26H32N4O/c1-19-24(20(2)30(27-19)23-9-7-6-8-10-23)28-15-17-29(18-16-28)25(31)21-11-13-22(14-12-21)26(3,4)5/h6-14H,15-18H2,1-5H3. The van der Waals surface area contributed by atoms with Crippen LogP contribution < -0.4 is 4.90 Å². The molecule has 0 atom stereocenters. The summed E-state index contributed by atoms with van der Waals surface area (Å²) in [5, 5.41) is 4.78. The number of benzene rings is 2. The monoisotopic (exact) mass is 416 g/mol. The van der Waals surface area contributed by atoms with Crippen LogP contribution in [-0.4, -0.2) is 46.8 Å². The van der Waals surface area contributed by atoms with Gasteiger partial charge in [-0.2, -0.15) is 5.10 Å². The Hall–Kier alpha value is -3.08. The van der Waals surface area contributed by atoms with Gasteiger partial charge in [0.15, 0.2) is 0 Å². The lowest BCUT2D eigenvalue weighted by atomic mass is 9.86. The Morgan fingerprint density at radius 1 is 0.871 bits per heavy atom. The van der Waals surface area contributed by atoms with Crippen molar-refractivity contribution in [1.82, 2.24) is 14.7 Å². The van der Waals surface area contributed by atoms with Gasteiger partial charge in [0.05, 0.1) is 22.8 Å². The minimum absolute atomic E-state index is 0.0904. The minimum Gasteiger partial charge on any atom is -0.365 e. The smallest absolute Gasteiger partial charge is 0.253 e. The van der Waals surface area contributed by atoms with E-state index in [0.717, 1.165) is 48.8 Å². The second-order valence-corrected chi connectivity index (χ2v) is 9.37. The lowest BCUT2D eigenvalue weighted by Crippen LogP contribution is -2.49. The van der Waals surface area contributed by atoms with Crippen LogP contribution in [0.2, 0.25) is 0 Å². The first-order chi connectivity index (χ1) is 14.8. The highest BCUT2D eigenvalue weighted by Gasteiger charge is 2.26. The Kier molecular flexibility index (Phi) is 5.61. The Morgan fingerprint density at radius 2 is 1.48 bits per heavy atom. The van der Waals surface area contributed by atoms with Crippen molar-refractivity contribution in [1.29, 1.82) is 0 Å². The number of hydrogen-bond donors (Lipinski definition) is 0. The topological polar surface area (TPSA) is 41.4 Å². The van der Waals surface area contributed by atoms with Gasteiger partial charge in [0.25, 0.3) is 5.91 Å². The van der Waals surface area contributed by atoms with E-state index in [1.807, 2.05) is 39.9 Å². The van der Waals surface area contributed by atoms with Crippen LogP contribution in [0.15, 0.2) is 54.6 Å². The molecule has 1 fully saturated rings. The molecule has 0 radical (unpaired) electrons. The first-order valence-electron chi connectivity index (χ1n) is 11.0. The number of para-hydroxylation sites is 1. The molecular formula is C26H32N4O. The van der Waals surface area contributed by atoms with Crippen molar-refractivity contribution in [2.75, 3.05) is 31.1 Å². The summed E-state index contributed by atoms with van der Waals surface area (Å²) < 4.78 is 2.01. The molecule has 1 aromatic heterocycles. The van der Waals surface area contributed by atoms with Crippen LogP contribution in [0.4, 0.5) is 5.69 Å². The molecule has 5 heteroatoms. The molecule has 31 heavy (non-hydrogen) atoms. The van der Waals surface area contributed by atoms with Crippen LogP contribution in [0, 0.1) is 13.8 Å². The molecule has 0 aliphatic carbocycles. The molecule has 2 heterocycles. The third kappa shape index (κ3) is 4.22. The Morgan fingerprint density at radius 3 is 2.06 bits per heavy atom. The summed E-state index contributed by atoms with van der Waals surface area (Å²) in [6, 6.07) is 18.3. The maximum Gasteiger partial charge on any atom is 0.253 e. The van der Waals surface area contributed by atoms with Gasteiger partial charge in [-0.05, 0) is 49.1 Å². The SMILES string of the molecule is Cc1nn(-c2ccccc2)c(C)c1N1CCN(C(=O)c2ccc(C(C)(C)C)cc2)CC1. The molecule has 0 unspecified atom stereocenters. The number of aryl methyl sites for hydroxylation is 1. The number of piperazine rings is 1. The van der Waals surface area contributed by atoms with E-state index in [9.17, 15) is 4.79 Å². The minimum atomic E-state index is 0.0904. The molecule has 3 aromatic rings. The number of amides is 1. The highest BCUT2D eigenvalue weighted by Crippen LogP contribution is 2.28. The largest absolute Gasteiger partial charge is 0.365 e. The molecule has 0 spiro atoms. The molecule has 2 aromatic carbocycles. The van der Waals surface area contributed by atoms with E-state index < -0.39 is 0 Å². The van der Waals surface area contributed by atoms with Gasteiger partial charge >= 0.3 is 0 Å². The highest BCUT2D eigenvalue weighted by atomic mass is 16.2. The highest BCUT2D eigenvalue weighted by molar-refractivity contribution is 5.94. The molecule has 0 saturated carbocycles. The van der Waals surface area contributed by atoms with Gasteiger partial charge < -0.3 is 9.80 Å². The molecule has 162 valence electrons. The van der Waals surface area contributed by atoms with E-state index in [2.05, 4.69) is 63.8 Å². The summed E-state index contributed by atoms with van der Waals surface area (Å²) >= 11 is 0. The van der Waals surface area contributed by atoms with Crippen LogP contribution in [0.5, 0.6) is 0 Å². The van der Waals surface area contributed by atoms with Gasteiger partial charge in [0.2, 0.25) is 0 Å². The maximum atomic E-state index is 13.0. The van der Waals surface area contributed by atoms with Crippen LogP contribution in [0.3, 0.4) is 0 Å². The zero-order valence-electron chi connectivity index (χ0n) is 19.2. The summed E-state index contributed by atoms with van der Waals surface area (Å²) in [7, 11) is 0. The molecule has 1 amide bonds. The number of rotatable bonds is 3. The summed E-state index contributed by atoms with van der Waals surface area (Å²) in [4.78, 5) is 17.3. The lowest BCUT2D eigenvalue weighted by molar-refractivity contribution is 0.0746. The van der Waals surface area contributed by atoms with Crippen molar-refractivity contribution >= 4 is 11.6 Å². The van der Waals surface area contributed by atoms with Crippen LogP contribution >= 0.6 is 0 Å². The summed E-state index contributed by atoms with van der Waals surface area (Å²) in [6.07, 6.45) is 0. The second-order valence-electron chi connectivity index (χ2n) is 9.37. The van der Waals surface area contributed by atoms with E-state index in [4.69, 9.17) is 5.10 Å². The average Bonchev–Trinajstić information content (AvgIpc) is 3.07. The van der Waals surface area contributed by atoms with Gasteiger partial charge in [-0.3, -0.25) is 4.79 Å². The van der Waals surface area contributed by atoms with Gasteiger partial charge in [-0.15, -0.1) is 0 Å². The average molecular weight is 417 g/mol. The molecule has 0 bridgehead atoms. The lowest BCUT2D eigenvalue weighted by Gasteiger charge is -2.36. The zero-order chi connectivity index (χ0) is 22.2. The van der Waals surface area contributed by atoms with Crippen molar-refractivity contribution in [3.63, 3.8) is 0 Å². The van der Waals surface area contributed by atoms with E-state index in [-0.39, 0.29) is 11.3 Å². The first-order valence-corrected chi connectivity index (χ1v) is 11.0. The summed E-state index contributed by atoms with van der Waals surface area (Å²) in [5.41, 5.74) is 6.53. The van der Waals surface area contributed by atoms with Gasteiger partial charge in [0, 0.05) is 31.7 Å². The molecule has 5 nitrogen and oxygen atoms in total. The third-order valence-corrected chi connectivity index (χ3v) is 6.13. The number of hydrogen-bond acceptors (Lipinski definition) is 3.